The topological polar surface area (TPSA) is 112 Å². The SMILES string of the molecule is CCOC(=O)/C=C/[C@H]1CCN(C(=O)OC(C)(C)C)C1.CCOC(=O)CC[C@H]1CCN(C(=O)OC(C)(C)C)C1. The van der Waals surface area contributed by atoms with Crippen molar-refractivity contribution in [1.82, 2.24) is 9.80 Å². The Morgan fingerprint density at radius 2 is 1.32 bits per heavy atom. The second-order valence-corrected chi connectivity index (χ2v) is 11.5. The Labute approximate surface area is 228 Å². The van der Waals surface area contributed by atoms with Crippen LogP contribution < -0.4 is 0 Å². The van der Waals surface area contributed by atoms with Crippen LogP contribution in [0.3, 0.4) is 0 Å². The van der Waals surface area contributed by atoms with Gasteiger partial charge in [-0.25, -0.2) is 14.4 Å². The Hall–Kier alpha value is -2.78. The van der Waals surface area contributed by atoms with Crippen LogP contribution in [0, 0.1) is 11.8 Å². The molecule has 2 fully saturated rings. The highest BCUT2D eigenvalue weighted by Gasteiger charge is 2.30. The summed E-state index contributed by atoms with van der Waals surface area (Å²) in [4.78, 5) is 49.6. The second kappa shape index (κ2) is 15.6. The molecular weight excluding hydrogens is 492 g/mol. The molecule has 0 aromatic carbocycles. The van der Waals surface area contributed by atoms with E-state index in [0.717, 1.165) is 19.3 Å². The fourth-order valence-electron chi connectivity index (χ4n) is 3.96. The number of hydrogen-bond donors (Lipinski definition) is 0. The van der Waals surface area contributed by atoms with Gasteiger partial charge in [-0.05, 0) is 86.5 Å². The van der Waals surface area contributed by atoms with Crippen LogP contribution in [0.15, 0.2) is 12.2 Å². The van der Waals surface area contributed by atoms with Crippen molar-refractivity contribution in [2.24, 2.45) is 11.8 Å². The van der Waals surface area contributed by atoms with Crippen LogP contribution in [0.1, 0.15) is 81.1 Å². The summed E-state index contributed by atoms with van der Waals surface area (Å²) in [6.45, 7) is 18.1. The molecule has 2 aliphatic heterocycles. The maximum Gasteiger partial charge on any atom is 0.410 e. The van der Waals surface area contributed by atoms with Gasteiger partial charge in [0.1, 0.15) is 11.2 Å². The number of esters is 2. The van der Waals surface area contributed by atoms with Gasteiger partial charge in [0.2, 0.25) is 0 Å². The predicted octanol–water partition coefficient (Wildman–Crippen LogP) is 4.95. The molecule has 0 N–H and O–H groups in total. The van der Waals surface area contributed by atoms with E-state index in [1.54, 1.807) is 23.6 Å². The molecule has 2 atom stereocenters. The van der Waals surface area contributed by atoms with E-state index in [2.05, 4.69) is 0 Å². The van der Waals surface area contributed by atoms with Crippen LogP contribution in [0.5, 0.6) is 0 Å². The molecule has 2 rings (SSSR count). The van der Waals surface area contributed by atoms with Gasteiger partial charge in [0.15, 0.2) is 0 Å². The number of carbonyl (C=O) groups excluding carboxylic acids is 4. The molecule has 2 heterocycles. The highest BCUT2D eigenvalue weighted by molar-refractivity contribution is 5.82. The Morgan fingerprint density at radius 3 is 1.84 bits per heavy atom. The Balaban J connectivity index is 0.000000380. The minimum Gasteiger partial charge on any atom is -0.466 e. The molecule has 10 nitrogen and oxygen atoms in total. The van der Waals surface area contributed by atoms with Crippen LogP contribution in [-0.4, -0.2) is 84.5 Å². The van der Waals surface area contributed by atoms with Crippen molar-refractivity contribution in [1.29, 1.82) is 0 Å². The maximum absolute atomic E-state index is 11.9. The normalized spacial score (nSPS) is 19.6. The lowest BCUT2D eigenvalue weighted by atomic mass is 10.0. The van der Waals surface area contributed by atoms with E-state index in [9.17, 15) is 19.2 Å². The van der Waals surface area contributed by atoms with Gasteiger partial charge in [0.25, 0.3) is 0 Å². The molecule has 218 valence electrons. The minimum atomic E-state index is -0.476. The van der Waals surface area contributed by atoms with Gasteiger partial charge < -0.3 is 28.7 Å². The maximum atomic E-state index is 11.9. The van der Waals surface area contributed by atoms with Crippen LogP contribution in [0.25, 0.3) is 0 Å². The van der Waals surface area contributed by atoms with Gasteiger partial charge in [0, 0.05) is 38.7 Å². The molecule has 0 unspecified atom stereocenters. The molecule has 2 amide bonds. The number of amides is 2. The largest absolute Gasteiger partial charge is 0.466 e. The third-order valence-corrected chi connectivity index (χ3v) is 5.67. The molecule has 0 radical (unpaired) electrons. The summed E-state index contributed by atoms with van der Waals surface area (Å²) < 4.78 is 20.3. The highest BCUT2D eigenvalue weighted by atomic mass is 16.6. The second-order valence-electron chi connectivity index (χ2n) is 11.5. The molecule has 0 spiro atoms. The predicted molar refractivity (Wildman–Crippen MR) is 143 cm³/mol. The van der Waals surface area contributed by atoms with Crippen LogP contribution in [-0.2, 0) is 28.5 Å². The number of hydrogen-bond acceptors (Lipinski definition) is 8. The van der Waals surface area contributed by atoms with Gasteiger partial charge in [-0.15, -0.1) is 0 Å². The first-order valence-corrected chi connectivity index (χ1v) is 13.6. The number of ether oxygens (including phenoxy) is 4. The standard InChI is InChI=1S/C14H25NO4.C14H23NO4/c2*1-5-18-12(16)7-6-11-8-9-15(10-11)13(17)19-14(2,3)4/h11H,5-10H2,1-4H3;6-7,11H,5,8-10H2,1-4H3/b;7-6+/t2*11-/m00/s1. The summed E-state index contributed by atoms with van der Waals surface area (Å²) in [6, 6.07) is 0. The van der Waals surface area contributed by atoms with Crippen LogP contribution >= 0.6 is 0 Å². The molecule has 0 saturated carbocycles. The Bertz CT molecular complexity index is 813. The van der Waals surface area contributed by atoms with Crippen molar-refractivity contribution in [3.05, 3.63) is 12.2 Å². The number of nitrogens with zero attached hydrogens (tertiary/aromatic N) is 2. The van der Waals surface area contributed by atoms with Crippen molar-refractivity contribution >= 4 is 24.1 Å². The van der Waals surface area contributed by atoms with Gasteiger partial charge in [-0.2, -0.15) is 0 Å². The first-order valence-electron chi connectivity index (χ1n) is 13.6. The average molecular weight is 541 g/mol. The summed E-state index contributed by atoms with van der Waals surface area (Å²) >= 11 is 0. The number of likely N-dealkylation sites (tertiary alicyclic amines) is 2. The van der Waals surface area contributed by atoms with E-state index in [1.807, 2.05) is 47.6 Å². The molecule has 10 heteroatoms. The highest BCUT2D eigenvalue weighted by Crippen LogP contribution is 2.23. The van der Waals surface area contributed by atoms with Gasteiger partial charge in [-0.3, -0.25) is 4.79 Å². The Morgan fingerprint density at radius 1 is 0.789 bits per heavy atom. The van der Waals surface area contributed by atoms with Crippen molar-refractivity contribution in [2.75, 3.05) is 39.4 Å². The smallest absolute Gasteiger partial charge is 0.410 e. The first-order chi connectivity index (χ1) is 17.6. The molecule has 0 aromatic heterocycles. The summed E-state index contributed by atoms with van der Waals surface area (Å²) in [6.07, 6.45) is 5.67. The van der Waals surface area contributed by atoms with Gasteiger partial charge >= 0.3 is 24.1 Å². The van der Waals surface area contributed by atoms with Crippen molar-refractivity contribution in [3.8, 4) is 0 Å². The van der Waals surface area contributed by atoms with Gasteiger partial charge in [-0.1, -0.05) is 6.08 Å². The molecule has 38 heavy (non-hydrogen) atoms. The zero-order valence-electron chi connectivity index (χ0n) is 24.5. The summed E-state index contributed by atoms with van der Waals surface area (Å²) in [5.41, 5.74) is -0.934. The molecular formula is C28H48N2O8. The lowest BCUT2D eigenvalue weighted by Gasteiger charge is -2.24. The number of carbonyl (C=O) groups is 4. The van der Waals surface area contributed by atoms with E-state index in [4.69, 9.17) is 18.9 Å². The van der Waals surface area contributed by atoms with Crippen molar-refractivity contribution < 1.29 is 38.1 Å². The van der Waals surface area contributed by atoms with Crippen LogP contribution in [0.4, 0.5) is 9.59 Å². The van der Waals surface area contributed by atoms with E-state index in [0.29, 0.717) is 51.7 Å². The summed E-state index contributed by atoms with van der Waals surface area (Å²) in [5.74, 6) is 0.0743. The third-order valence-electron chi connectivity index (χ3n) is 5.67. The van der Waals surface area contributed by atoms with E-state index in [-0.39, 0.29) is 30.0 Å². The molecule has 2 aliphatic rings. The monoisotopic (exact) mass is 540 g/mol. The quantitative estimate of drug-likeness (QED) is 0.253. The first kappa shape index (κ1) is 33.2. The lowest BCUT2D eigenvalue weighted by molar-refractivity contribution is -0.143. The van der Waals surface area contributed by atoms with E-state index in [1.165, 1.54) is 6.08 Å². The fourth-order valence-corrected chi connectivity index (χ4v) is 3.96. The third kappa shape index (κ3) is 14.2. The molecule has 2 saturated heterocycles. The zero-order chi connectivity index (χ0) is 28.9. The molecule has 0 aliphatic carbocycles. The number of rotatable bonds is 7. The summed E-state index contributed by atoms with van der Waals surface area (Å²) in [7, 11) is 0. The van der Waals surface area contributed by atoms with Crippen LogP contribution in [0.2, 0.25) is 0 Å². The Kier molecular flexibility index (Phi) is 13.6. The zero-order valence-corrected chi connectivity index (χ0v) is 24.5. The van der Waals surface area contributed by atoms with E-state index >= 15 is 0 Å². The van der Waals surface area contributed by atoms with Crippen molar-refractivity contribution in [3.63, 3.8) is 0 Å². The lowest BCUT2D eigenvalue weighted by Crippen LogP contribution is -2.35. The van der Waals surface area contributed by atoms with Crippen molar-refractivity contribution in [2.45, 2.75) is 92.3 Å². The molecule has 0 bridgehead atoms. The summed E-state index contributed by atoms with van der Waals surface area (Å²) in [5, 5.41) is 0. The van der Waals surface area contributed by atoms with E-state index < -0.39 is 11.2 Å². The average Bonchev–Trinajstić information content (AvgIpc) is 3.45. The molecule has 0 aromatic rings. The fraction of sp³-hybridized carbons (Fsp3) is 0.786. The minimum absolute atomic E-state index is 0.154. The van der Waals surface area contributed by atoms with Gasteiger partial charge in [0.05, 0.1) is 13.2 Å².